The number of nitrogens with zero attached hydrogens (tertiary/aromatic N) is 4. The monoisotopic (exact) mass is 410 g/mol. The number of hydrogen-bond donors (Lipinski definition) is 5. The number of aliphatic hydroxyl groups excluding tert-OH is 1. The molecule has 1 aromatic carbocycles. The lowest BCUT2D eigenvalue weighted by Gasteiger charge is -2.30. The molecule has 0 aliphatic heterocycles. The molecule has 2 aromatic rings. The number of nitrogens with two attached hydrogens (primary N) is 1. The van der Waals surface area contributed by atoms with Gasteiger partial charge >= 0.3 is 0 Å². The largest absolute Gasteiger partial charge is 0.396 e. The molecule has 6 N–H and O–H groups in total. The zero-order valence-electron chi connectivity index (χ0n) is 16.6. The van der Waals surface area contributed by atoms with Gasteiger partial charge in [0.2, 0.25) is 5.95 Å². The second-order valence-electron chi connectivity index (χ2n) is 7.10. The Morgan fingerprint density at radius 2 is 2.20 bits per heavy atom. The van der Waals surface area contributed by atoms with Gasteiger partial charge in [-0.1, -0.05) is 18.9 Å². The summed E-state index contributed by atoms with van der Waals surface area (Å²) in [5.74, 6) is 0.161. The van der Waals surface area contributed by atoms with Crippen LogP contribution in [-0.2, 0) is 0 Å². The summed E-state index contributed by atoms with van der Waals surface area (Å²) in [5.41, 5.74) is 6.91. The number of hydrogen-bond acceptors (Lipinski definition) is 9. The first-order valence-corrected chi connectivity index (χ1v) is 9.88. The molecule has 1 aromatic heterocycles. The standard InChI is InChI=1S/C20H26N8O2/c21-8-9-24-28-15-6-3-5-14(10-15)25-19-16(18(22)30)11-23-20(27-19)26-17-7-2-1-4-13(17)12-29/h3,5-6,8,10-11,13,17,21,29H,1-2,4,7,9,12H2,(H2,22,30)(H2,23,25,26,27). The van der Waals surface area contributed by atoms with Crippen molar-refractivity contribution in [2.75, 3.05) is 23.8 Å². The van der Waals surface area contributed by atoms with E-state index in [0.717, 1.165) is 31.9 Å². The van der Waals surface area contributed by atoms with E-state index in [2.05, 4.69) is 30.8 Å². The quantitative estimate of drug-likeness (QED) is 0.315. The SMILES string of the molecule is N=CCN=Nc1cccc(Nc2nc(NC3CCCCC3CO)ncc2C(N)=O)c1. The first-order valence-electron chi connectivity index (χ1n) is 9.88. The first kappa shape index (κ1) is 21.3. The summed E-state index contributed by atoms with van der Waals surface area (Å²) in [6, 6.07) is 7.20. The molecule has 2 unspecified atom stereocenters. The summed E-state index contributed by atoms with van der Waals surface area (Å²) in [5, 5.41) is 30.9. The van der Waals surface area contributed by atoms with Crippen LogP contribution < -0.4 is 16.4 Å². The molecule has 0 saturated heterocycles. The summed E-state index contributed by atoms with van der Waals surface area (Å²) < 4.78 is 0. The Bertz CT molecular complexity index is 917. The minimum atomic E-state index is -0.642. The van der Waals surface area contributed by atoms with Crippen LogP contribution in [0.4, 0.5) is 23.1 Å². The zero-order chi connectivity index (χ0) is 21.3. The van der Waals surface area contributed by atoms with E-state index in [0.29, 0.717) is 17.3 Å². The lowest BCUT2D eigenvalue weighted by Crippen LogP contribution is -2.35. The molecule has 0 bridgehead atoms. The van der Waals surface area contributed by atoms with E-state index in [1.54, 1.807) is 24.3 Å². The lowest BCUT2D eigenvalue weighted by molar-refractivity contribution is 0.100. The van der Waals surface area contributed by atoms with Gasteiger partial charge in [-0.3, -0.25) is 4.79 Å². The van der Waals surface area contributed by atoms with Crippen LogP contribution in [-0.4, -0.2) is 46.4 Å². The molecule has 1 heterocycles. The van der Waals surface area contributed by atoms with Gasteiger partial charge in [-0.15, -0.1) is 0 Å². The maximum Gasteiger partial charge on any atom is 0.254 e. The van der Waals surface area contributed by atoms with Crippen molar-refractivity contribution in [1.82, 2.24) is 9.97 Å². The molecule has 1 saturated carbocycles. The number of azo groups is 1. The second-order valence-corrected chi connectivity index (χ2v) is 7.10. The summed E-state index contributed by atoms with van der Waals surface area (Å²) in [4.78, 5) is 20.5. The lowest BCUT2D eigenvalue weighted by atomic mass is 9.85. The molecule has 1 amide bonds. The number of carbonyl (C=O) groups is 1. The Morgan fingerprint density at radius 3 is 2.97 bits per heavy atom. The van der Waals surface area contributed by atoms with Crippen molar-refractivity contribution < 1.29 is 9.90 Å². The van der Waals surface area contributed by atoms with Gasteiger partial charge in [-0.25, -0.2) is 4.98 Å². The van der Waals surface area contributed by atoms with Crippen molar-refractivity contribution in [2.24, 2.45) is 21.9 Å². The number of primary amides is 1. The van der Waals surface area contributed by atoms with E-state index in [4.69, 9.17) is 11.1 Å². The van der Waals surface area contributed by atoms with Crippen LogP contribution in [0.25, 0.3) is 0 Å². The number of carbonyl (C=O) groups excluding carboxylic acids is 1. The van der Waals surface area contributed by atoms with Gasteiger partial charge in [0.25, 0.3) is 5.91 Å². The minimum Gasteiger partial charge on any atom is -0.396 e. The molecule has 10 nitrogen and oxygen atoms in total. The third kappa shape index (κ3) is 5.57. The molecule has 158 valence electrons. The van der Waals surface area contributed by atoms with E-state index in [1.165, 1.54) is 6.20 Å². The summed E-state index contributed by atoms with van der Waals surface area (Å²) in [6.45, 7) is 0.321. The molecule has 10 heteroatoms. The molecule has 3 rings (SSSR count). The Kier molecular flexibility index (Phi) is 7.39. The molecule has 1 aliphatic rings. The topological polar surface area (TPSA) is 162 Å². The fraction of sp³-hybridized carbons (Fsp3) is 0.400. The number of nitrogens with one attached hydrogen (secondary N) is 3. The van der Waals surface area contributed by atoms with Crippen LogP contribution in [0, 0.1) is 11.3 Å². The van der Waals surface area contributed by atoms with Crippen molar-refractivity contribution in [1.29, 1.82) is 5.41 Å². The van der Waals surface area contributed by atoms with Gasteiger partial charge in [0.1, 0.15) is 11.4 Å². The van der Waals surface area contributed by atoms with Crippen molar-refractivity contribution >= 4 is 35.3 Å². The smallest absolute Gasteiger partial charge is 0.254 e. The second kappa shape index (κ2) is 10.4. The van der Waals surface area contributed by atoms with Gasteiger partial charge in [0.05, 0.1) is 12.2 Å². The Hall–Kier alpha value is -3.40. The Balaban J connectivity index is 1.82. The number of aliphatic hydroxyl groups is 1. The van der Waals surface area contributed by atoms with Crippen LogP contribution in [0.5, 0.6) is 0 Å². The summed E-state index contributed by atoms with van der Waals surface area (Å²) in [7, 11) is 0. The Labute approximate surface area is 174 Å². The van der Waals surface area contributed by atoms with E-state index in [1.807, 2.05) is 0 Å². The fourth-order valence-electron chi connectivity index (χ4n) is 3.45. The third-order valence-corrected chi connectivity index (χ3v) is 4.98. The van der Waals surface area contributed by atoms with Crippen molar-refractivity contribution in [3.8, 4) is 0 Å². The number of rotatable bonds is 9. The van der Waals surface area contributed by atoms with Crippen LogP contribution >= 0.6 is 0 Å². The number of amides is 1. The molecule has 0 radical (unpaired) electrons. The maximum absolute atomic E-state index is 11.8. The van der Waals surface area contributed by atoms with Gasteiger partial charge in [-0.2, -0.15) is 15.2 Å². The highest BCUT2D eigenvalue weighted by Crippen LogP contribution is 2.28. The molecular formula is C20H26N8O2. The van der Waals surface area contributed by atoms with E-state index in [-0.39, 0.29) is 36.5 Å². The van der Waals surface area contributed by atoms with Crippen LogP contribution in [0.3, 0.4) is 0 Å². The van der Waals surface area contributed by atoms with E-state index >= 15 is 0 Å². The van der Waals surface area contributed by atoms with E-state index < -0.39 is 5.91 Å². The fourth-order valence-corrected chi connectivity index (χ4v) is 3.45. The predicted molar refractivity (Wildman–Crippen MR) is 115 cm³/mol. The summed E-state index contributed by atoms with van der Waals surface area (Å²) in [6.07, 6.45) is 6.62. The van der Waals surface area contributed by atoms with Crippen molar-refractivity contribution in [2.45, 2.75) is 31.7 Å². The Morgan fingerprint density at radius 1 is 1.37 bits per heavy atom. The van der Waals surface area contributed by atoms with Gasteiger partial charge in [-0.05, 0) is 31.0 Å². The molecule has 30 heavy (non-hydrogen) atoms. The van der Waals surface area contributed by atoms with Crippen LogP contribution in [0.2, 0.25) is 0 Å². The number of aromatic nitrogens is 2. The number of anilines is 3. The average molecular weight is 410 g/mol. The van der Waals surface area contributed by atoms with Gasteiger partial charge < -0.3 is 26.9 Å². The average Bonchev–Trinajstić information content (AvgIpc) is 2.74. The predicted octanol–water partition coefficient (Wildman–Crippen LogP) is 3.02. The van der Waals surface area contributed by atoms with E-state index in [9.17, 15) is 9.90 Å². The van der Waals surface area contributed by atoms with Crippen LogP contribution in [0.15, 0.2) is 40.7 Å². The first-order chi connectivity index (χ1) is 14.6. The molecule has 1 fully saturated rings. The van der Waals surface area contributed by atoms with Crippen molar-refractivity contribution in [3.05, 3.63) is 36.0 Å². The van der Waals surface area contributed by atoms with Crippen LogP contribution in [0.1, 0.15) is 36.0 Å². The number of benzene rings is 1. The van der Waals surface area contributed by atoms with Gasteiger partial charge in [0.15, 0.2) is 0 Å². The molecule has 0 spiro atoms. The highest BCUT2D eigenvalue weighted by Gasteiger charge is 2.25. The molecule has 1 aliphatic carbocycles. The highest BCUT2D eigenvalue weighted by molar-refractivity contribution is 5.98. The zero-order valence-corrected chi connectivity index (χ0v) is 16.6. The summed E-state index contributed by atoms with van der Waals surface area (Å²) >= 11 is 0. The molecular weight excluding hydrogens is 384 g/mol. The molecule has 2 atom stereocenters. The van der Waals surface area contributed by atoms with Crippen molar-refractivity contribution in [3.63, 3.8) is 0 Å². The highest BCUT2D eigenvalue weighted by atomic mass is 16.3. The minimum absolute atomic E-state index is 0.0774. The maximum atomic E-state index is 11.8. The third-order valence-electron chi connectivity index (χ3n) is 4.98. The van der Waals surface area contributed by atoms with Gasteiger partial charge in [0, 0.05) is 36.7 Å². The normalized spacial score (nSPS) is 18.8.